The van der Waals surface area contributed by atoms with Gasteiger partial charge in [-0.2, -0.15) is 0 Å². The van der Waals surface area contributed by atoms with Crippen molar-refractivity contribution in [3.8, 4) is 0 Å². The molecule has 16 heteroatoms. The van der Waals surface area contributed by atoms with Crippen molar-refractivity contribution in [1.29, 1.82) is 0 Å². The second kappa shape index (κ2) is 16.9. The Hall–Kier alpha value is -3.79. The van der Waals surface area contributed by atoms with Gasteiger partial charge in [-0.3, -0.25) is 33.6 Å². The van der Waals surface area contributed by atoms with E-state index in [0.717, 1.165) is 6.92 Å². The SMILES string of the molecule is CCC(C)C(NC(=O)C(N)CO)C(=O)NC(CCC(=O)O)C(=O)NC(CCC(=O)O)C(=O)NC(C)C(=O)O. The summed E-state index contributed by atoms with van der Waals surface area (Å²) in [6, 6.07) is -6.93. The molecule has 0 saturated carbocycles. The third-order valence-corrected chi connectivity index (χ3v) is 5.62. The molecule has 16 nitrogen and oxygen atoms in total. The van der Waals surface area contributed by atoms with Gasteiger partial charge < -0.3 is 47.4 Å². The number of carboxylic acids is 3. The van der Waals surface area contributed by atoms with E-state index in [1.165, 1.54) is 0 Å². The average molecular weight is 548 g/mol. The van der Waals surface area contributed by atoms with Gasteiger partial charge in [0.2, 0.25) is 23.6 Å². The number of carbonyl (C=O) groups excluding carboxylic acids is 4. The van der Waals surface area contributed by atoms with Crippen LogP contribution in [-0.4, -0.2) is 98.8 Å². The molecular weight excluding hydrogens is 510 g/mol. The third kappa shape index (κ3) is 12.4. The van der Waals surface area contributed by atoms with Gasteiger partial charge in [0, 0.05) is 12.8 Å². The number of nitrogens with two attached hydrogens (primary N) is 1. The first-order valence-corrected chi connectivity index (χ1v) is 11.9. The first kappa shape index (κ1) is 34.2. The topological polar surface area (TPSA) is 275 Å². The van der Waals surface area contributed by atoms with E-state index in [2.05, 4.69) is 21.3 Å². The quantitative estimate of drug-likeness (QED) is 0.0837. The molecule has 0 bridgehead atoms. The second-order valence-corrected chi connectivity index (χ2v) is 8.72. The van der Waals surface area contributed by atoms with Crippen LogP contribution in [0.4, 0.5) is 0 Å². The van der Waals surface area contributed by atoms with Crippen LogP contribution in [0.5, 0.6) is 0 Å². The summed E-state index contributed by atoms with van der Waals surface area (Å²) < 4.78 is 0. The van der Waals surface area contributed by atoms with E-state index in [0.29, 0.717) is 6.42 Å². The Bertz CT molecular complexity index is 882. The molecule has 0 radical (unpaired) electrons. The second-order valence-electron chi connectivity index (χ2n) is 8.72. The number of aliphatic carboxylic acids is 3. The predicted molar refractivity (Wildman–Crippen MR) is 129 cm³/mol. The van der Waals surface area contributed by atoms with Crippen molar-refractivity contribution in [3.05, 3.63) is 0 Å². The van der Waals surface area contributed by atoms with E-state index >= 15 is 0 Å². The van der Waals surface area contributed by atoms with E-state index in [1.807, 2.05) is 0 Å². The standard InChI is InChI=1S/C22H37N5O11/c1-4-10(2)17(27-18(33)12(23)9-28)21(36)26-14(6-8-16(31)32)20(35)25-13(5-7-15(29)30)19(34)24-11(3)22(37)38/h10-14,17,28H,4-9,23H2,1-3H3,(H,24,34)(H,25,35)(H,26,36)(H,27,33)(H,29,30)(H,31,32)(H,37,38). The van der Waals surface area contributed by atoms with Crippen molar-refractivity contribution in [3.63, 3.8) is 0 Å². The van der Waals surface area contributed by atoms with Gasteiger partial charge in [-0.15, -0.1) is 0 Å². The predicted octanol–water partition coefficient (Wildman–Crippen LogP) is -2.87. The van der Waals surface area contributed by atoms with Crippen LogP contribution < -0.4 is 27.0 Å². The van der Waals surface area contributed by atoms with Crippen LogP contribution in [0.1, 0.15) is 52.9 Å². The van der Waals surface area contributed by atoms with Crippen LogP contribution in [0.15, 0.2) is 0 Å². The number of carboxylic acid groups (broad SMARTS) is 3. The zero-order valence-corrected chi connectivity index (χ0v) is 21.4. The van der Waals surface area contributed by atoms with Crippen LogP contribution in [0.2, 0.25) is 0 Å². The van der Waals surface area contributed by atoms with Gasteiger partial charge in [-0.25, -0.2) is 0 Å². The van der Waals surface area contributed by atoms with E-state index in [1.54, 1.807) is 13.8 Å². The first-order valence-electron chi connectivity index (χ1n) is 11.9. The summed E-state index contributed by atoms with van der Waals surface area (Å²) in [7, 11) is 0. The zero-order valence-electron chi connectivity index (χ0n) is 21.4. The molecule has 10 N–H and O–H groups in total. The first-order chi connectivity index (χ1) is 17.6. The summed E-state index contributed by atoms with van der Waals surface area (Å²) in [5.74, 6) is -8.19. The van der Waals surface area contributed by atoms with Crippen molar-refractivity contribution in [2.75, 3.05) is 6.61 Å². The summed E-state index contributed by atoms with van der Waals surface area (Å²) in [5.41, 5.74) is 5.48. The lowest BCUT2D eigenvalue weighted by atomic mass is 9.97. The number of rotatable bonds is 18. The lowest BCUT2D eigenvalue weighted by Crippen LogP contribution is -2.59. The summed E-state index contributed by atoms with van der Waals surface area (Å²) >= 11 is 0. The number of hydrogen-bond donors (Lipinski definition) is 9. The Kier molecular flexibility index (Phi) is 15.2. The summed E-state index contributed by atoms with van der Waals surface area (Å²) in [6.07, 6.45) is -1.60. The molecule has 0 aromatic heterocycles. The minimum absolute atomic E-state index is 0.401. The number of amides is 4. The molecule has 0 fully saturated rings. The molecule has 4 amide bonds. The number of hydrogen-bond acceptors (Lipinski definition) is 9. The smallest absolute Gasteiger partial charge is 0.325 e. The molecule has 0 heterocycles. The molecule has 0 aromatic carbocycles. The third-order valence-electron chi connectivity index (χ3n) is 5.62. The molecule has 0 aliphatic rings. The Morgan fingerprint density at radius 3 is 1.55 bits per heavy atom. The summed E-state index contributed by atoms with van der Waals surface area (Å²) in [4.78, 5) is 83.9. The molecule has 0 saturated heterocycles. The molecule has 0 aromatic rings. The Labute approximate surface area is 218 Å². The van der Waals surface area contributed by atoms with Crippen molar-refractivity contribution in [2.45, 2.75) is 83.1 Å². The maximum atomic E-state index is 13.0. The lowest BCUT2D eigenvalue weighted by molar-refractivity contribution is -0.142. The minimum Gasteiger partial charge on any atom is -0.481 e. The molecule has 0 aliphatic heterocycles. The van der Waals surface area contributed by atoms with Gasteiger partial charge in [0.05, 0.1) is 6.61 Å². The molecule has 0 rings (SSSR count). The highest BCUT2D eigenvalue weighted by atomic mass is 16.4. The van der Waals surface area contributed by atoms with E-state index in [-0.39, 0.29) is 0 Å². The van der Waals surface area contributed by atoms with Crippen LogP contribution in [-0.2, 0) is 33.6 Å². The highest BCUT2D eigenvalue weighted by Gasteiger charge is 2.33. The molecule has 216 valence electrons. The van der Waals surface area contributed by atoms with Crippen molar-refractivity contribution in [1.82, 2.24) is 21.3 Å². The van der Waals surface area contributed by atoms with Gasteiger partial charge in [0.1, 0.15) is 30.2 Å². The molecule has 0 spiro atoms. The van der Waals surface area contributed by atoms with Crippen LogP contribution in [0.3, 0.4) is 0 Å². The summed E-state index contributed by atoms with van der Waals surface area (Å²) in [5, 5.41) is 45.2. The van der Waals surface area contributed by atoms with Gasteiger partial charge >= 0.3 is 17.9 Å². The number of aliphatic hydroxyl groups excluding tert-OH is 1. The molecule has 0 aliphatic carbocycles. The Morgan fingerprint density at radius 1 is 0.711 bits per heavy atom. The molecule has 6 atom stereocenters. The average Bonchev–Trinajstić information content (AvgIpc) is 2.85. The zero-order chi connectivity index (χ0) is 29.6. The largest absolute Gasteiger partial charge is 0.481 e. The van der Waals surface area contributed by atoms with Crippen LogP contribution >= 0.6 is 0 Å². The molecule has 38 heavy (non-hydrogen) atoms. The Morgan fingerprint density at radius 2 is 1.16 bits per heavy atom. The maximum absolute atomic E-state index is 13.0. The fraction of sp³-hybridized carbons (Fsp3) is 0.682. The monoisotopic (exact) mass is 547 g/mol. The number of carbonyl (C=O) groups is 7. The van der Waals surface area contributed by atoms with Crippen molar-refractivity contribution < 1.29 is 54.0 Å². The van der Waals surface area contributed by atoms with Gasteiger partial charge in [0.25, 0.3) is 0 Å². The number of nitrogens with one attached hydrogen (secondary N) is 4. The van der Waals surface area contributed by atoms with Crippen molar-refractivity contribution >= 4 is 41.5 Å². The van der Waals surface area contributed by atoms with E-state index in [9.17, 15) is 33.6 Å². The minimum atomic E-state index is -1.52. The molecule has 6 unspecified atom stereocenters. The van der Waals surface area contributed by atoms with E-state index < -0.39 is 110 Å². The highest BCUT2D eigenvalue weighted by Crippen LogP contribution is 2.10. The van der Waals surface area contributed by atoms with Crippen molar-refractivity contribution in [2.24, 2.45) is 11.7 Å². The fourth-order valence-electron chi connectivity index (χ4n) is 3.03. The lowest BCUT2D eigenvalue weighted by Gasteiger charge is -2.28. The van der Waals surface area contributed by atoms with Gasteiger partial charge in [0.15, 0.2) is 0 Å². The highest BCUT2D eigenvalue weighted by molar-refractivity contribution is 5.95. The fourth-order valence-corrected chi connectivity index (χ4v) is 3.03. The Balaban J connectivity index is 5.88. The van der Waals surface area contributed by atoms with Gasteiger partial charge in [-0.1, -0.05) is 20.3 Å². The van der Waals surface area contributed by atoms with Crippen LogP contribution in [0, 0.1) is 5.92 Å². The van der Waals surface area contributed by atoms with Crippen LogP contribution in [0.25, 0.3) is 0 Å². The molecular formula is C22H37N5O11. The van der Waals surface area contributed by atoms with Gasteiger partial charge in [-0.05, 0) is 25.7 Å². The van der Waals surface area contributed by atoms with E-state index in [4.69, 9.17) is 26.2 Å². The summed E-state index contributed by atoms with van der Waals surface area (Å²) in [6.45, 7) is 3.81. The maximum Gasteiger partial charge on any atom is 0.325 e. The number of aliphatic hydroxyl groups is 1. The normalized spacial score (nSPS) is 15.5.